The average molecular weight is 333 g/mol. The maximum atomic E-state index is 12.6. The lowest BCUT2D eigenvalue weighted by atomic mass is 10.2. The zero-order chi connectivity index (χ0) is 16.1. The van der Waals surface area contributed by atoms with Crippen molar-refractivity contribution < 1.29 is 17.9 Å². The van der Waals surface area contributed by atoms with Crippen molar-refractivity contribution in [3.63, 3.8) is 0 Å². The van der Waals surface area contributed by atoms with Crippen molar-refractivity contribution >= 4 is 10.0 Å². The second kappa shape index (κ2) is 7.12. The van der Waals surface area contributed by atoms with Gasteiger partial charge in [0.05, 0.1) is 18.1 Å². The molecule has 0 radical (unpaired) electrons. The van der Waals surface area contributed by atoms with Crippen molar-refractivity contribution in [2.45, 2.75) is 11.5 Å². The number of benzene rings is 2. The van der Waals surface area contributed by atoms with Crippen molar-refractivity contribution in [1.29, 1.82) is 0 Å². The summed E-state index contributed by atoms with van der Waals surface area (Å²) in [5.41, 5.74) is 0.822. The SMILES string of the molecule is O=S(=O)(c1cccc(COc2ccccc2)c1)N1CCOCC1. The first-order chi connectivity index (χ1) is 11.2. The standard InChI is InChI=1S/C17H19NO4S/c19-23(20,18-9-11-21-12-10-18)17-8-4-5-15(13-17)14-22-16-6-2-1-3-7-16/h1-8,13H,9-12,14H2. The van der Waals surface area contributed by atoms with Gasteiger partial charge in [0.1, 0.15) is 12.4 Å². The van der Waals surface area contributed by atoms with Crippen LogP contribution in [0.1, 0.15) is 5.56 Å². The molecule has 0 unspecified atom stereocenters. The Hall–Kier alpha value is -1.89. The molecule has 2 aromatic rings. The zero-order valence-electron chi connectivity index (χ0n) is 12.7. The van der Waals surface area contributed by atoms with Gasteiger partial charge in [0.25, 0.3) is 0 Å². The molecule has 0 N–H and O–H groups in total. The number of rotatable bonds is 5. The maximum absolute atomic E-state index is 12.6. The lowest BCUT2D eigenvalue weighted by Crippen LogP contribution is -2.40. The summed E-state index contributed by atoms with van der Waals surface area (Å²) in [7, 11) is -3.47. The third-order valence-corrected chi connectivity index (χ3v) is 5.55. The smallest absolute Gasteiger partial charge is 0.243 e. The first-order valence-electron chi connectivity index (χ1n) is 7.51. The Morgan fingerprint density at radius 2 is 1.74 bits per heavy atom. The molecule has 5 nitrogen and oxygen atoms in total. The van der Waals surface area contributed by atoms with E-state index in [-0.39, 0.29) is 0 Å². The van der Waals surface area contributed by atoms with Gasteiger partial charge in [-0.25, -0.2) is 8.42 Å². The topological polar surface area (TPSA) is 55.8 Å². The molecule has 3 rings (SSSR count). The number of morpholine rings is 1. The van der Waals surface area contributed by atoms with E-state index >= 15 is 0 Å². The van der Waals surface area contributed by atoms with Crippen LogP contribution in [0.4, 0.5) is 0 Å². The van der Waals surface area contributed by atoms with Gasteiger partial charge in [0.15, 0.2) is 0 Å². The number of nitrogens with zero attached hydrogens (tertiary/aromatic N) is 1. The highest BCUT2D eigenvalue weighted by Crippen LogP contribution is 2.19. The molecular weight excluding hydrogens is 314 g/mol. The monoisotopic (exact) mass is 333 g/mol. The van der Waals surface area contributed by atoms with Gasteiger partial charge in [-0.1, -0.05) is 30.3 Å². The van der Waals surface area contributed by atoms with Gasteiger partial charge < -0.3 is 9.47 Å². The van der Waals surface area contributed by atoms with E-state index in [9.17, 15) is 8.42 Å². The summed E-state index contributed by atoms with van der Waals surface area (Å²) in [4.78, 5) is 0.300. The van der Waals surface area contributed by atoms with Crippen LogP contribution < -0.4 is 4.74 Å². The molecule has 1 fully saturated rings. The number of sulfonamides is 1. The van der Waals surface area contributed by atoms with E-state index in [0.717, 1.165) is 11.3 Å². The van der Waals surface area contributed by atoms with Gasteiger partial charge in [-0.05, 0) is 29.8 Å². The molecule has 6 heteroatoms. The van der Waals surface area contributed by atoms with Crippen molar-refractivity contribution in [2.24, 2.45) is 0 Å². The number of ether oxygens (including phenoxy) is 2. The third kappa shape index (κ3) is 3.90. The van der Waals surface area contributed by atoms with Crippen LogP contribution in [0.3, 0.4) is 0 Å². The Kier molecular flexibility index (Phi) is 4.95. The zero-order valence-corrected chi connectivity index (χ0v) is 13.5. The fraction of sp³-hybridized carbons (Fsp3) is 0.294. The van der Waals surface area contributed by atoms with Crippen LogP contribution in [0, 0.1) is 0 Å². The van der Waals surface area contributed by atoms with Crippen LogP contribution in [0.15, 0.2) is 59.5 Å². The van der Waals surface area contributed by atoms with Crippen LogP contribution in [0.5, 0.6) is 5.75 Å². The van der Waals surface area contributed by atoms with Crippen molar-refractivity contribution in [1.82, 2.24) is 4.31 Å². The van der Waals surface area contributed by atoms with Gasteiger partial charge in [-0.3, -0.25) is 0 Å². The highest BCUT2D eigenvalue weighted by atomic mass is 32.2. The van der Waals surface area contributed by atoms with Gasteiger partial charge in [-0.2, -0.15) is 4.31 Å². The Morgan fingerprint density at radius 1 is 1.00 bits per heavy atom. The fourth-order valence-electron chi connectivity index (χ4n) is 2.42. The molecule has 1 aliphatic rings. The van der Waals surface area contributed by atoms with Crippen molar-refractivity contribution in [3.8, 4) is 5.75 Å². The molecule has 0 amide bonds. The van der Waals surface area contributed by atoms with Gasteiger partial charge in [0.2, 0.25) is 10.0 Å². The number of para-hydroxylation sites is 1. The summed E-state index contributed by atoms with van der Waals surface area (Å²) in [6.45, 7) is 2.00. The van der Waals surface area contributed by atoms with Crippen LogP contribution in [0.25, 0.3) is 0 Å². The van der Waals surface area contributed by atoms with E-state index in [1.54, 1.807) is 18.2 Å². The Labute approximate surface area is 136 Å². The molecule has 1 aliphatic heterocycles. The first kappa shape index (κ1) is 16.0. The van der Waals surface area contributed by atoms with Gasteiger partial charge >= 0.3 is 0 Å². The van der Waals surface area contributed by atoms with Crippen LogP contribution in [0.2, 0.25) is 0 Å². The lowest BCUT2D eigenvalue weighted by molar-refractivity contribution is 0.0730. The Morgan fingerprint density at radius 3 is 2.48 bits per heavy atom. The lowest BCUT2D eigenvalue weighted by Gasteiger charge is -2.26. The summed E-state index contributed by atoms with van der Waals surface area (Å²) in [5.74, 6) is 0.758. The quantitative estimate of drug-likeness (QED) is 0.842. The van der Waals surface area contributed by atoms with Crippen molar-refractivity contribution in [2.75, 3.05) is 26.3 Å². The second-order valence-electron chi connectivity index (χ2n) is 5.27. The summed E-state index contributed by atoms with van der Waals surface area (Å²) in [5, 5.41) is 0. The molecule has 0 spiro atoms. The predicted octanol–water partition coefficient (Wildman–Crippen LogP) is 2.29. The largest absolute Gasteiger partial charge is 0.489 e. The van der Waals surface area contributed by atoms with E-state index in [0.29, 0.717) is 37.8 Å². The summed E-state index contributed by atoms with van der Waals surface area (Å²) < 4.78 is 37.6. The second-order valence-corrected chi connectivity index (χ2v) is 7.20. The van der Waals surface area contributed by atoms with E-state index < -0.39 is 10.0 Å². The fourth-order valence-corrected chi connectivity index (χ4v) is 3.89. The van der Waals surface area contributed by atoms with E-state index in [1.807, 2.05) is 36.4 Å². The molecule has 0 atom stereocenters. The third-order valence-electron chi connectivity index (χ3n) is 3.65. The van der Waals surface area contributed by atoms with Crippen LogP contribution in [-0.2, 0) is 21.4 Å². The number of hydrogen-bond donors (Lipinski definition) is 0. The Bertz CT molecular complexity index is 740. The summed E-state index contributed by atoms with van der Waals surface area (Å²) in [6.07, 6.45) is 0. The maximum Gasteiger partial charge on any atom is 0.243 e. The molecule has 2 aromatic carbocycles. The average Bonchev–Trinajstić information content (AvgIpc) is 2.62. The molecule has 122 valence electrons. The van der Waals surface area contributed by atoms with E-state index in [1.165, 1.54) is 4.31 Å². The molecule has 1 saturated heterocycles. The molecule has 23 heavy (non-hydrogen) atoms. The predicted molar refractivity (Wildman–Crippen MR) is 86.8 cm³/mol. The summed E-state index contributed by atoms with van der Waals surface area (Å²) in [6, 6.07) is 16.4. The highest BCUT2D eigenvalue weighted by molar-refractivity contribution is 7.89. The van der Waals surface area contributed by atoms with E-state index in [2.05, 4.69) is 0 Å². The first-order valence-corrected chi connectivity index (χ1v) is 8.95. The van der Waals surface area contributed by atoms with Gasteiger partial charge in [-0.15, -0.1) is 0 Å². The minimum absolute atomic E-state index is 0.300. The molecule has 0 aromatic heterocycles. The van der Waals surface area contributed by atoms with Crippen LogP contribution >= 0.6 is 0 Å². The molecule has 0 saturated carbocycles. The minimum Gasteiger partial charge on any atom is -0.489 e. The van der Waals surface area contributed by atoms with Gasteiger partial charge in [0, 0.05) is 13.1 Å². The van der Waals surface area contributed by atoms with Crippen LogP contribution in [-0.4, -0.2) is 39.0 Å². The molecule has 1 heterocycles. The minimum atomic E-state index is -3.47. The summed E-state index contributed by atoms with van der Waals surface area (Å²) >= 11 is 0. The number of hydrogen-bond acceptors (Lipinski definition) is 4. The molecule has 0 bridgehead atoms. The molecular formula is C17H19NO4S. The van der Waals surface area contributed by atoms with E-state index in [4.69, 9.17) is 9.47 Å². The Balaban J connectivity index is 1.74. The molecule has 0 aliphatic carbocycles. The normalized spacial score (nSPS) is 16.2. The highest BCUT2D eigenvalue weighted by Gasteiger charge is 2.26. The van der Waals surface area contributed by atoms with Crippen molar-refractivity contribution in [3.05, 3.63) is 60.2 Å².